The Labute approximate surface area is 164 Å². The minimum Gasteiger partial charge on any atom is -0.321 e. The third-order valence-electron chi connectivity index (χ3n) is 4.43. The van der Waals surface area contributed by atoms with Crippen molar-refractivity contribution in [3.8, 4) is 0 Å². The standard InChI is InChI=1S/C21H25IN2O/c1-6-10-17-13(4)23-14(5)18(19(17)22)21(25)24-20-15(7-2)11-9-12-16(20)8-3/h6,9,11-12H,1,7-8,10H2,2-5H3,(H,24,25). The molecule has 1 heterocycles. The molecule has 25 heavy (non-hydrogen) atoms. The maximum Gasteiger partial charge on any atom is 0.258 e. The summed E-state index contributed by atoms with van der Waals surface area (Å²) in [6, 6.07) is 6.20. The maximum atomic E-state index is 13.1. The number of para-hydroxylation sites is 1. The number of pyridine rings is 1. The van der Waals surface area contributed by atoms with Crippen LogP contribution in [0.3, 0.4) is 0 Å². The fraction of sp³-hybridized carbons (Fsp3) is 0.333. The second-order valence-corrected chi connectivity index (χ2v) is 7.13. The molecule has 0 bridgehead atoms. The van der Waals surface area contributed by atoms with Crippen LogP contribution in [0.2, 0.25) is 0 Å². The van der Waals surface area contributed by atoms with Gasteiger partial charge >= 0.3 is 0 Å². The fourth-order valence-corrected chi connectivity index (χ4v) is 4.31. The van der Waals surface area contributed by atoms with Crippen LogP contribution >= 0.6 is 22.6 Å². The van der Waals surface area contributed by atoms with Crippen molar-refractivity contribution in [3.05, 3.63) is 68.1 Å². The number of hydrogen-bond donors (Lipinski definition) is 1. The van der Waals surface area contributed by atoms with Gasteiger partial charge in [-0.25, -0.2) is 0 Å². The average Bonchev–Trinajstić information content (AvgIpc) is 2.58. The minimum absolute atomic E-state index is 0.0877. The van der Waals surface area contributed by atoms with Crippen molar-refractivity contribution in [2.75, 3.05) is 5.32 Å². The first-order valence-corrected chi connectivity index (χ1v) is 9.70. The van der Waals surface area contributed by atoms with Crippen molar-refractivity contribution in [1.29, 1.82) is 0 Å². The number of nitrogens with one attached hydrogen (secondary N) is 1. The predicted molar refractivity (Wildman–Crippen MR) is 113 cm³/mol. The van der Waals surface area contributed by atoms with Crippen LogP contribution in [0.1, 0.15) is 52.3 Å². The van der Waals surface area contributed by atoms with Crippen molar-refractivity contribution in [1.82, 2.24) is 4.98 Å². The van der Waals surface area contributed by atoms with E-state index in [0.29, 0.717) is 12.0 Å². The molecular weight excluding hydrogens is 423 g/mol. The van der Waals surface area contributed by atoms with E-state index in [2.05, 4.69) is 71.5 Å². The van der Waals surface area contributed by atoms with Gasteiger partial charge in [-0.2, -0.15) is 0 Å². The van der Waals surface area contributed by atoms with E-state index in [0.717, 1.165) is 50.2 Å². The van der Waals surface area contributed by atoms with Crippen LogP contribution in [0.4, 0.5) is 5.69 Å². The number of anilines is 1. The van der Waals surface area contributed by atoms with Gasteiger partial charge in [0.15, 0.2) is 0 Å². The minimum atomic E-state index is -0.0877. The molecule has 3 nitrogen and oxygen atoms in total. The largest absolute Gasteiger partial charge is 0.321 e. The first-order chi connectivity index (χ1) is 11.9. The second-order valence-electron chi connectivity index (χ2n) is 6.06. The van der Waals surface area contributed by atoms with Gasteiger partial charge < -0.3 is 5.32 Å². The lowest BCUT2D eigenvalue weighted by atomic mass is 10.0. The van der Waals surface area contributed by atoms with Crippen molar-refractivity contribution in [2.24, 2.45) is 0 Å². The van der Waals surface area contributed by atoms with Gasteiger partial charge in [-0.3, -0.25) is 9.78 Å². The number of rotatable bonds is 6. The number of aromatic nitrogens is 1. The second kappa shape index (κ2) is 8.61. The third kappa shape index (κ3) is 4.11. The van der Waals surface area contributed by atoms with E-state index in [4.69, 9.17) is 0 Å². The van der Waals surface area contributed by atoms with Crippen LogP contribution in [-0.2, 0) is 19.3 Å². The molecule has 4 heteroatoms. The summed E-state index contributed by atoms with van der Waals surface area (Å²) < 4.78 is 0.965. The monoisotopic (exact) mass is 448 g/mol. The van der Waals surface area contributed by atoms with Gasteiger partial charge in [0.05, 0.1) is 11.3 Å². The van der Waals surface area contributed by atoms with Gasteiger partial charge in [0.1, 0.15) is 0 Å². The van der Waals surface area contributed by atoms with E-state index < -0.39 is 0 Å². The quantitative estimate of drug-likeness (QED) is 0.475. The average molecular weight is 448 g/mol. The summed E-state index contributed by atoms with van der Waals surface area (Å²) in [5, 5.41) is 3.16. The Morgan fingerprint density at radius 2 is 1.80 bits per heavy atom. The zero-order valence-electron chi connectivity index (χ0n) is 15.4. The molecule has 1 amide bonds. The number of hydrogen-bond acceptors (Lipinski definition) is 2. The molecule has 0 aliphatic heterocycles. The van der Waals surface area contributed by atoms with Gasteiger partial charge in [-0.15, -0.1) is 6.58 Å². The first-order valence-electron chi connectivity index (χ1n) is 8.63. The smallest absolute Gasteiger partial charge is 0.258 e. The number of aryl methyl sites for hydroxylation is 4. The summed E-state index contributed by atoms with van der Waals surface area (Å²) >= 11 is 2.26. The number of amides is 1. The molecule has 0 radical (unpaired) electrons. The van der Waals surface area contributed by atoms with E-state index in [9.17, 15) is 4.79 Å². The van der Waals surface area contributed by atoms with Crippen LogP contribution in [-0.4, -0.2) is 10.9 Å². The van der Waals surface area contributed by atoms with Gasteiger partial charge in [0, 0.05) is 15.0 Å². The summed E-state index contributed by atoms with van der Waals surface area (Å²) in [5.74, 6) is -0.0877. The van der Waals surface area contributed by atoms with E-state index in [1.165, 1.54) is 0 Å². The van der Waals surface area contributed by atoms with Crippen LogP contribution in [0.5, 0.6) is 0 Å². The molecule has 132 valence electrons. The van der Waals surface area contributed by atoms with Crippen molar-refractivity contribution < 1.29 is 4.79 Å². The molecule has 0 unspecified atom stereocenters. The molecule has 0 saturated carbocycles. The highest BCUT2D eigenvalue weighted by molar-refractivity contribution is 14.1. The zero-order valence-corrected chi connectivity index (χ0v) is 17.5. The normalized spacial score (nSPS) is 10.6. The molecule has 1 aromatic carbocycles. The van der Waals surface area contributed by atoms with Crippen LogP contribution in [0, 0.1) is 17.4 Å². The summed E-state index contributed by atoms with van der Waals surface area (Å²) in [6.45, 7) is 11.9. The Morgan fingerprint density at radius 3 is 2.32 bits per heavy atom. The van der Waals surface area contributed by atoms with Gasteiger partial charge in [0.25, 0.3) is 5.91 Å². The Balaban J connectivity index is 2.50. The molecule has 2 aromatic rings. The van der Waals surface area contributed by atoms with Crippen molar-refractivity contribution >= 4 is 34.2 Å². The lowest BCUT2D eigenvalue weighted by Gasteiger charge is -2.17. The molecule has 0 fully saturated rings. The number of allylic oxidation sites excluding steroid dienone is 1. The zero-order chi connectivity index (χ0) is 18.6. The fourth-order valence-electron chi connectivity index (χ4n) is 3.07. The molecule has 0 spiro atoms. The van der Waals surface area contributed by atoms with Crippen LogP contribution < -0.4 is 5.32 Å². The van der Waals surface area contributed by atoms with E-state index in [1.807, 2.05) is 19.9 Å². The van der Waals surface area contributed by atoms with Gasteiger partial charge in [-0.05, 0) is 72.4 Å². The summed E-state index contributed by atoms with van der Waals surface area (Å²) in [4.78, 5) is 17.7. The third-order valence-corrected chi connectivity index (χ3v) is 5.62. The highest BCUT2D eigenvalue weighted by atomic mass is 127. The number of nitrogens with zero attached hydrogens (tertiary/aromatic N) is 1. The molecule has 0 saturated heterocycles. The van der Waals surface area contributed by atoms with E-state index >= 15 is 0 Å². The lowest BCUT2D eigenvalue weighted by Crippen LogP contribution is -2.19. The topological polar surface area (TPSA) is 42.0 Å². The van der Waals surface area contributed by atoms with E-state index in [1.54, 1.807) is 0 Å². The Kier molecular flexibility index (Phi) is 6.76. The lowest BCUT2D eigenvalue weighted by molar-refractivity contribution is 0.102. The summed E-state index contributed by atoms with van der Waals surface area (Å²) in [7, 11) is 0. The number of halogens is 1. The number of carbonyl (C=O) groups excluding carboxylic acids is 1. The SMILES string of the molecule is C=CCc1c(C)nc(C)c(C(=O)Nc2c(CC)cccc2CC)c1I. The maximum absolute atomic E-state index is 13.1. The molecule has 0 aliphatic rings. The van der Waals surface area contributed by atoms with Gasteiger partial charge in [0.2, 0.25) is 0 Å². The molecular formula is C21H25IN2O. The van der Waals surface area contributed by atoms with E-state index in [-0.39, 0.29) is 5.91 Å². The van der Waals surface area contributed by atoms with Crippen LogP contribution in [0.25, 0.3) is 0 Å². The molecule has 2 rings (SSSR count). The molecule has 0 atom stereocenters. The highest BCUT2D eigenvalue weighted by Gasteiger charge is 2.20. The predicted octanol–water partition coefficient (Wildman–Crippen LogP) is 5.41. The van der Waals surface area contributed by atoms with Crippen molar-refractivity contribution in [3.63, 3.8) is 0 Å². The summed E-state index contributed by atoms with van der Waals surface area (Å²) in [5.41, 5.74) is 6.72. The Morgan fingerprint density at radius 1 is 1.20 bits per heavy atom. The van der Waals surface area contributed by atoms with Crippen molar-refractivity contribution in [2.45, 2.75) is 47.0 Å². The Bertz CT molecular complexity index is 790. The molecule has 0 aliphatic carbocycles. The first kappa shape index (κ1) is 19.6. The molecule has 1 N–H and O–H groups in total. The highest BCUT2D eigenvalue weighted by Crippen LogP contribution is 2.27. The Hall–Kier alpha value is -1.69. The number of carbonyl (C=O) groups is 1. The van der Waals surface area contributed by atoms with Gasteiger partial charge in [-0.1, -0.05) is 38.1 Å². The number of benzene rings is 1. The van der Waals surface area contributed by atoms with Crippen LogP contribution in [0.15, 0.2) is 30.9 Å². The summed E-state index contributed by atoms with van der Waals surface area (Å²) in [6.07, 6.45) is 4.33. The molecule has 1 aromatic heterocycles.